The normalized spacial score (nSPS) is 19.7. The van der Waals surface area contributed by atoms with E-state index in [1.807, 2.05) is 28.0 Å². The molecule has 4 nitrogen and oxygen atoms in total. The molecule has 2 aromatic rings. The summed E-state index contributed by atoms with van der Waals surface area (Å²) in [5.74, 6) is 0.000266. The van der Waals surface area contributed by atoms with Gasteiger partial charge in [-0.05, 0) is 46.5 Å². The maximum atomic E-state index is 14.1. The van der Waals surface area contributed by atoms with Crippen LogP contribution in [-0.2, 0) is 11.2 Å². The quantitative estimate of drug-likeness (QED) is 0.789. The van der Waals surface area contributed by atoms with Crippen molar-refractivity contribution in [3.63, 3.8) is 0 Å². The van der Waals surface area contributed by atoms with Gasteiger partial charge in [0.05, 0.1) is 5.92 Å². The molecule has 0 aliphatic carbocycles. The minimum absolute atomic E-state index is 0.110. The van der Waals surface area contributed by atoms with E-state index >= 15 is 0 Å². The van der Waals surface area contributed by atoms with Crippen LogP contribution >= 0.6 is 15.9 Å². The van der Waals surface area contributed by atoms with Crippen LogP contribution in [0.2, 0.25) is 0 Å². The van der Waals surface area contributed by atoms with E-state index in [4.69, 9.17) is 0 Å². The first-order valence-electron chi connectivity index (χ1n) is 8.09. The molecule has 1 atom stereocenters. The Kier molecular flexibility index (Phi) is 4.00. The van der Waals surface area contributed by atoms with E-state index in [-0.39, 0.29) is 17.6 Å². The number of carbonyl (C=O) groups is 1. The predicted octanol–water partition coefficient (Wildman–Crippen LogP) is 3.40. The van der Waals surface area contributed by atoms with Crippen LogP contribution in [0.1, 0.15) is 12.0 Å². The molecule has 24 heavy (non-hydrogen) atoms. The summed E-state index contributed by atoms with van der Waals surface area (Å²) in [7, 11) is 0. The van der Waals surface area contributed by atoms with Crippen LogP contribution in [0.5, 0.6) is 0 Å². The number of rotatable bonds is 2. The number of hydrogen-bond donors (Lipinski definition) is 0. The third kappa shape index (κ3) is 2.69. The fourth-order valence-corrected chi connectivity index (χ4v) is 3.89. The summed E-state index contributed by atoms with van der Waals surface area (Å²) in [6, 6.07) is 9.46. The lowest BCUT2D eigenvalue weighted by atomic mass is 10.1. The number of para-hydroxylation sites is 1. The highest BCUT2D eigenvalue weighted by atomic mass is 79.9. The van der Waals surface area contributed by atoms with Crippen LogP contribution in [-0.4, -0.2) is 30.5 Å². The van der Waals surface area contributed by atoms with Crippen LogP contribution < -0.4 is 9.80 Å². The molecule has 0 bridgehead atoms. The number of benzene rings is 1. The highest BCUT2D eigenvalue weighted by molar-refractivity contribution is 9.10. The van der Waals surface area contributed by atoms with Crippen LogP contribution in [0.3, 0.4) is 0 Å². The molecule has 124 valence electrons. The van der Waals surface area contributed by atoms with Crippen molar-refractivity contribution in [2.75, 3.05) is 29.4 Å². The Hall–Kier alpha value is -1.95. The van der Waals surface area contributed by atoms with Crippen molar-refractivity contribution in [2.45, 2.75) is 12.8 Å². The van der Waals surface area contributed by atoms with E-state index in [1.165, 1.54) is 11.6 Å². The number of anilines is 2. The summed E-state index contributed by atoms with van der Waals surface area (Å²) in [4.78, 5) is 20.8. The van der Waals surface area contributed by atoms with Crippen molar-refractivity contribution in [1.82, 2.24) is 4.98 Å². The van der Waals surface area contributed by atoms with Gasteiger partial charge in [-0.1, -0.05) is 18.2 Å². The van der Waals surface area contributed by atoms with Gasteiger partial charge < -0.3 is 9.80 Å². The third-order valence-corrected chi connectivity index (χ3v) is 5.21. The van der Waals surface area contributed by atoms with Crippen LogP contribution in [0.25, 0.3) is 0 Å². The summed E-state index contributed by atoms with van der Waals surface area (Å²) in [5, 5.41) is 0. The Labute approximate surface area is 148 Å². The van der Waals surface area contributed by atoms with Crippen LogP contribution in [0.15, 0.2) is 41.0 Å². The molecule has 0 spiro atoms. The molecular weight excluding hydrogens is 373 g/mol. The van der Waals surface area contributed by atoms with Gasteiger partial charge in [0.25, 0.3) is 0 Å². The van der Waals surface area contributed by atoms with Gasteiger partial charge in [-0.15, -0.1) is 0 Å². The van der Waals surface area contributed by atoms with E-state index in [2.05, 4.69) is 27.0 Å². The molecule has 2 aliphatic heterocycles. The zero-order valence-corrected chi connectivity index (χ0v) is 14.7. The first-order valence-corrected chi connectivity index (χ1v) is 8.88. The fraction of sp³-hybridized carbons (Fsp3) is 0.333. The lowest BCUT2D eigenvalue weighted by Crippen LogP contribution is -2.36. The summed E-state index contributed by atoms with van der Waals surface area (Å²) in [5.41, 5.74) is 2.25. The van der Waals surface area contributed by atoms with Crippen molar-refractivity contribution in [3.8, 4) is 0 Å². The average molecular weight is 390 g/mol. The number of hydrogen-bond acceptors (Lipinski definition) is 3. The Balaban J connectivity index is 1.50. The molecule has 0 N–H and O–H groups in total. The highest BCUT2D eigenvalue weighted by Crippen LogP contribution is 2.32. The topological polar surface area (TPSA) is 36.4 Å². The predicted molar refractivity (Wildman–Crippen MR) is 94.7 cm³/mol. The maximum absolute atomic E-state index is 14.1. The smallest absolute Gasteiger partial charge is 0.231 e. The average Bonchev–Trinajstić information content (AvgIpc) is 3.21. The van der Waals surface area contributed by atoms with E-state index < -0.39 is 0 Å². The standard InChI is InChI=1S/C18H17BrFN3O/c19-14-9-15(20)17(21-10-14)22-7-5-13(11-22)18(24)23-8-6-12-3-1-2-4-16(12)23/h1-4,9-10,13H,5-8,11H2. The lowest BCUT2D eigenvalue weighted by Gasteiger charge is -2.22. The van der Waals surface area contributed by atoms with E-state index in [0.717, 1.165) is 25.1 Å². The molecule has 0 saturated carbocycles. The maximum Gasteiger partial charge on any atom is 0.231 e. The van der Waals surface area contributed by atoms with Crippen molar-refractivity contribution in [1.29, 1.82) is 0 Å². The van der Waals surface area contributed by atoms with Gasteiger partial charge >= 0.3 is 0 Å². The zero-order valence-electron chi connectivity index (χ0n) is 13.1. The molecule has 1 aromatic heterocycles. The molecule has 0 radical (unpaired) electrons. The van der Waals surface area contributed by atoms with Crippen molar-refractivity contribution in [2.24, 2.45) is 5.92 Å². The molecule has 1 fully saturated rings. The van der Waals surface area contributed by atoms with E-state index in [9.17, 15) is 9.18 Å². The first-order chi connectivity index (χ1) is 11.6. The monoisotopic (exact) mass is 389 g/mol. The van der Waals surface area contributed by atoms with Gasteiger partial charge in [-0.25, -0.2) is 9.37 Å². The summed E-state index contributed by atoms with van der Waals surface area (Å²) >= 11 is 3.22. The van der Waals surface area contributed by atoms with Gasteiger partial charge in [-0.2, -0.15) is 0 Å². The van der Waals surface area contributed by atoms with Gasteiger partial charge in [0.2, 0.25) is 5.91 Å². The Bertz CT molecular complexity index is 798. The Morgan fingerprint density at radius 1 is 1.29 bits per heavy atom. The Morgan fingerprint density at radius 3 is 2.96 bits per heavy atom. The molecule has 1 amide bonds. The minimum Gasteiger partial charge on any atom is -0.353 e. The molecule has 1 unspecified atom stereocenters. The summed E-state index contributed by atoms with van der Waals surface area (Å²) < 4.78 is 14.7. The fourth-order valence-electron chi connectivity index (χ4n) is 3.58. The summed E-state index contributed by atoms with van der Waals surface area (Å²) in [6.07, 6.45) is 3.22. The summed E-state index contributed by atoms with van der Waals surface area (Å²) in [6.45, 7) is 1.90. The number of fused-ring (bicyclic) bond motifs is 1. The van der Waals surface area contributed by atoms with Gasteiger partial charge in [0.1, 0.15) is 0 Å². The number of halogens is 2. The largest absolute Gasteiger partial charge is 0.353 e. The minimum atomic E-state index is -0.357. The molecular formula is C18H17BrFN3O. The van der Waals surface area contributed by atoms with Crippen LogP contribution in [0.4, 0.5) is 15.9 Å². The molecule has 4 rings (SSSR count). The second kappa shape index (κ2) is 6.16. The van der Waals surface area contributed by atoms with E-state index in [0.29, 0.717) is 23.4 Å². The van der Waals surface area contributed by atoms with Crippen molar-refractivity contribution >= 4 is 33.3 Å². The number of aromatic nitrogens is 1. The second-order valence-corrected chi connectivity index (χ2v) is 7.17. The van der Waals surface area contributed by atoms with Crippen LogP contribution in [0, 0.1) is 11.7 Å². The SMILES string of the molecule is O=C(C1CCN(c2ncc(Br)cc2F)C1)N1CCc2ccccc21. The molecule has 3 heterocycles. The van der Waals surface area contributed by atoms with Gasteiger partial charge in [0.15, 0.2) is 11.6 Å². The molecule has 1 aromatic carbocycles. The van der Waals surface area contributed by atoms with Gasteiger partial charge in [0, 0.05) is 36.0 Å². The zero-order chi connectivity index (χ0) is 16.7. The number of nitrogens with zero attached hydrogens (tertiary/aromatic N) is 3. The molecule has 1 saturated heterocycles. The van der Waals surface area contributed by atoms with E-state index in [1.54, 1.807) is 6.20 Å². The van der Waals surface area contributed by atoms with Crippen molar-refractivity contribution in [3.05, 3.63) is 52.4 Å². The van der Waals surface area contributed by atoms with Crippen molar-refractivity contribution < 1.29 is 9.18 Å². The lowest BCUT2D eigenvalue weighted by molar-refractivity contribution is -0.121. The molecule has 2 aliphatic rings. The third-order valence-electron chi connectivity index (χ3n) is 4.78. The first kappa shape index (κ1) is 15.6. The molecule has 6 heteroatoms. The van der Waals surface area contributed by atoms with Gasteiger partial charge in [-0.3, -0.25) is 4.79 Å². The number of amides is 1. The second-order valence-electron chi connectivity index (χ2n) is 6.26. The number of carbonyl (C=O) groups excluding carboxylic acids is 1. The highest BCUT2D eigenvalue weighted by Gasteiger charge is 2.35. The Morgan fingerprint density at radius 2 is 2.12 bits per heavy atom. The number of pyridine rings is 1.